The zero-order valence-corrected chi connectivity index (χ0v) is 9.16. The lowest BCUT2D eigenvalue weighted by atomic mass is 10.1. The van der Waals surface area contributed by atoms with Crippen LogP contribution in [-0.4, -0.2) is 30.9 Å². The highest BCUT2D eigenvalue weighted by Gasteiger charge is 2.23. The van der Waals surface area contributed by atoms with E-state index in [1.807, 2.05) is 0 Å². The van der Waals surface area contributed by atoms with Gasteiger partial charge in [0.25, 0.3) is 0 Å². The third kappa shape index (κ3) is 3.04. The molecule has 1 aliphatic rings. The first-order valence-electron chi connectivity index (χ1n) is 4.97. The van der Waals surface area contributed by atoms with Gasteiger partial charge in [0.2, 0.25) is 0 Å². The minimum absolute atomic E-state index is 0.277. The van der Waals surface area contributed by atoms with Crippen LogP contribution in [0.25, 0.3) is 0 Å². The first-order chi connectivity index (χ1) is 7.16. The maximum atomic E-state index is 11.2. The third-order valence-corrected chi connectivity index (χ3v) is 4.32. The first-order valence-corrected chi connectivity index (χ1v) is 6.79. The number of hydrogen-bond donors (Lipinski definition) is 1. The lowest BCUT2D eigenvalue weighted by Gasteiger charge is -2.22. The summed E-state index contributed by atoms with van der Waals surface area (Å²) in [6.07, 6.45) is 4.43. The number of hydrogen-bond acceptors (Lipinski definition) is 5. The van der Waals surface area contributed by atoms with E-state index < -0.39 is 9.84 Å². The number of rotatable bonds is 3. The summed E-state index contributed by atoms with van der Waals surface area (Å²) in [5.41, 5.74) is 0. The second-order valence-corrected chi connectivity index (χ2v) is 6.08. The van der Waals surface area contributed by atoms with E-state index in [4.69, 9.17) is 4.42 Å². The summed E-state index contributed by atoms with van der Waals surface area (Å²) in [6, 6.07) is 0.277. The Labute approximate surface area is 88.8 Å². The fourth-order valence-electron chi connectivity index (χ4n) is 1.67. The SMILES string of the molecule is O=S1(=O)CCC(NCc2cnco2)CC1. The van der Waals surface area contributed by atoms with Gasteiger partial charge in [0.15, 0.2) is 6.39 Å². The van der Waals surface area contributed by atoms with E-state index in [1.165, 1.54) is 6.39 Å². The average molecular weight is 230 g/mol. The van der Waals surface area contributed by atoms with E-state index in [-0.39, 0.29) is 6.04 Å². The largest absolute Gasteiger partial charge is 0.447 e. The lowest BCUT2D eigenvalue weighted by Crippen LogP contribution is -2.37. The minimum atomic E-state index is -2.76. The van der Waals surface area contributed by atoms with Crippen molar-refractivity contribution >= 4 is 9.84 Å². The Morgan fingerprint density at radius 3 is 2.80 bits per heavy atom. The molecule has 0 bridgehead atoms. The van der Waals surface area contributed by atoms with Crippen LogP contribution in [0.2, 0.25) is 0 Å². The number of nitrogens with zero attached hydrogens (tertiary/aromatic N) is 1. The van der Waals surface area contributed by atoms with Gasteiger partial charge in [0.1, 0.15) is 15.6 Å². The molecule has 15 heavy (non-hydrogen) atoms. The highest BCUT2D eigenvalue weighted by molar-refractivity contribution is 7.91. The van der Waals surface area contributed by atoms with Gasteiger partial charge in [-0.15, -0.1) is 0 Å². The molecule has 0 aromatic carbocycles. The molecule has 84 valence electrons. The number of nitrogens with one attached hydrogen (secondary N) is 1. The molecule has 1 saturated heterocycles. The molecule has 2 rings (SSSR count). The Kier molecular flexibility index (Phi) is 3.06. The Morgan fingerprint density at radius 1 is 1.47 bits per heavy atom. The van der Waals surface area contributed by atoms with Gasteiger partial charge in [-0.2, -0.15) is 0 Å². The molecule has 5 nitrogen and oxygen atoms in total. The molecule has 0 spiro atoms. The molecule has 1 aromatic heterocycles. The number of sulfone groups is 1. The molecule has 1 fully saturated rings. The Bertz CT molecular complexity index is 385. The minimum Gasteiger partial charge on any atom is -0.447 e. The van der Waals surface area contributed by atoms with Crippen LogP contribution >= 0.6 is 0 Å². The van der Waals surface area contributed by atoms with E-state index in [9.17, 15) is 8.42 Å². The fourth-order valence-corrected chi connectivity index (χ4v) is 3.16. The standard InChI is InChI=1S/C9H14N2O3S/c12-15(13)3-1-8(2-4-15)11-6-9-5-10-7-14-9/h5,7-8,11H,1-4,6H2. The zero-order valence-electron chi connectivity index (χ0n) is 8.35. The van der Waals surface area contributed by atoms with Crippen LogP contribution in [-0.2, 0) is 16.4 Å². The molecule has 0 radical (unpaired) electrons. The van der Waals surface area contributed by atoms with Crippen molar-refractivity contribution in [1.29, 1.82) is 0 Å². The lowest BCUT2D eigenvalue weighted by molar-refractivity contribution is 0.420. The van der Waals surface area contributed by atoms with Gasteiger partial charge < -0.3 is 9.73 Å². The van der Waals surface area contributed by atoms with Crippen molar-refractivity contribution in [3.05, 3.63) is 18.4 Å². The van der Waals surface area contributed by atoms with Crippen molar-refractivity contribution in [2.75, 3.05) is 11.5 Å². The van der Waals surface area contributed by atoms with Crippen LogP contribution < -0.4 is 5.32 Å². The van der Waals surface area contributed by atoms with Crippen LogP contribution in [0.5, 0.6) is 0 Å². The Balaban J connectivity index is 1.78. The molecule has 1 aromatic rings. The summed E-state index contributed by atoms with van der Waals surface area (Å²) in [5.74, 6) is 1.37. The van der Waals surface area contributed by atoms with Crippen LogP contribution in [0.3, 0.4) is 0 Å². The number of oxazole rings is 1. The zero-order chi connectivity index (χ0) is 10.7. The maximum absolute atomic E-state index is 11.2. The molecule has 6 heteroatoms. The highest BCUT2D eigenvalue weighted by atomic mass is 32.2. The molecule has 0 saturated carbocycles. The average Bonchev–Trinajstić information content (AvgIpc) is 2.69. The monoisotopic (exact) mass is 230 g/mol. The molecular formula is C9H14N2O3S. The summed E-state index contributed by atoms with van der Waals surface area (Å²) in [5, 5.41) is 3.26. The van der Waals surface area contributed by atoms with Gasteiger partial charge in [-0.3, -0.25) is 0 Å². The van der Waals surface area contributed by atoms with Crippen molar-refractivity contribution in [3.63, 3.8) is 0 Å². The fraction of sp³-hybridized carbons (Fsp3) is 0.667. The molecule has 2 heterocycles. The van der Waals surface area contributed by atoms with Crippen molar-refractivity contribution < 1.29 is 12.8 Å². The second kappa shape index (κ2) is 4.32. The molecule has 0 aliphatic carbocycles. The Hall–Kier alpha value is -0.880. The summed E-state index contributed by atoms with van der Waals surface area (Å²) >= 11 is 0. The predicted molar refractivity (Wildman–Crippen MR) is 55.0 cm³/mol. The third-order valence-electron chi connectivity index (χ3n) is 2.60. The molecule has 0 unspecified atom stereocenters. The predicted octanol–water partition coefficient (Wildman–Crippen LogP) is 0.341. The summed E-state index contributed by atoms with van der Waals surface area (Å²) in [7, 11) is -2.76. The smallest absolute Gasteiger partial charge is 0.180 e. The molecule has 0 atom stereocenters. The summed E-state index contributed by atoms with van der Waals surface area (Å²) in [4.78, 5) is 3.81. The van der Waals surface area contributed by atoms with Gasteiger partial charge in [-0.05, 0) is 12.8 Å². The highest BCUT2D eigenvalue weighted by Crippen LogP contribution is 2.12. The van der Waals surface area contributed by atoms with Crippen LogP contribution in [0.15, 0.2) is 17.0 Å². The van der Waals surface area contributed by atoms with Gasteiger partial charge >= 0.3 is 0 Å². The van der Waals surface area contributed by atoms with E-state index in [1.54, 1.807) is 6.20 Å². The summed E-state index contributed by atoms with van der Waals surface area (Å²) < 4.78 is 27.4. The van der Waals surface area contributed by atoms with E-state index in [0.717, 1.165) is 5.76 Å². The van der Waals surface area contributed by atoms with Crippen molar-refractivity contribution in [3.8, 4) is 0 Å². The molecular weight excluding hydrogens is 216 g/mol. The van der Waals surface area contributed by atoms with Crippen molar-refractivity contribution in [1.82, 2.24) is 10.3 Å². The summed E-state index contributed by atoms with van der Waals surface area (Å²) in [6.45, 7) is 0.616. The van der Waals surface area contributed by atoms with E-state index >= 15 is 0 Å². The quantitative estimate of drug-likeness (QED) is 0.810. The molecule has 0 amide bonds. The Morgan fingerprint density at radius 2 is 2.20 bits per heavy atom. The van der Waals surface area contributed by atoms with Crippen LogP contribution in [0.1, 0.15) is 18.6 Å². The topological polar surface area (TPSA) is 72.2 Å². The second-order valence-electron chi connectivity index (χ2n) is 3.77. The van der Waals surface area contributed by atoms with Crippen LogP contribution in [0.4, 0.5) is 0 Å². The van der Waals surface area contributed by atoms with Crippen molar-refractivity contribution in [2.45, 2.75) is 25.4 Å². The van der Waals surface area contributed by atoms with E-state index in [2.05, 4.69) is 10.3 Å². The van der Waals surface area contributed by atoms with Crippen molar-refractivity contribution in [2.24, 2.45) is 0 Å². The molecule has 1 aliphatic heterocycles. The van der Waals surface area contributed by atoms with Crippen LogP contribution in [0, 0.1) is 0 Å². The first kappa shape index (κ1) is 10.6. The van der Waals surface area contributed by atoms with Gasteiger partial charge in [0, 0.05) is 6.04 Å². The maximum Gasteiger partial charge on any atom is 0.180 e. The van der Waals surface area contributed by atoms with E-state index in [0.29, 0.717) is 30.9 Å². The molecule has 1 N–H and O–H groups in total. The van der Waals surface area contributed by atoms with Gasteiger partial charge in [0.05, 0.1) is 24.2 Å². The van der Waals surface area contributed by atoms with Gasteiger partial charge in [-0.25, -0.2) is 13.4 Å². The van der Waals surface area contributed by atoms with Gasteiger partial charge in [-0.1, -0.05) is 0 Å². The normalized spacial score (nSPS) is 21.6. The number of aromatic nitrogens is 1.